The van der Waals surface area contributed by atoms with E-state index in [4.69, 9.17) is 9.72 Å². The Morgan fingerprint density at radius 2 is 1.90 bits per heavy atom. The molecule has 0 spiro atoms. The van der Waals surface area contributed by atoms with Crippen molar-refractivity contribution in [3.63, 3.8) is 0 Å². The zero-order valence-corrected chi connectivity index (χ0v) is 13.8. The van der Waals surface area contributed by atoms with Crippen LogP contribution >= 0.6 is 21.6 Å². The van der Waals surface area contributed by atoms with Crippen LogP contribution in [-0.2, 0) is 4.74 Å². The molecule has 2 aromatic rings. The number of ether oxygens (including phenoxy) is 1. The highest BCUT2D eigenvalue weighted by atomic mass is 32.3. The van der Waals surface area contributed by atoms with Crippen LogP contribution in [0.15, 0.2) is 28.6 Å². The van der Waals surface area contributed by atoms with E-state index in [-0.39, 0.29) is 0 Å². The SMILES string of the molecule is CCS(CC)(c1nc2ccccc2s1)N1CCOCC1. The second-order valence-electron chi connectivity index (χ2n) is 4.91. The normalized spacial score (nSPS) is 18.5. The Kier molecular flexibility index (Phi) is 4.31. The summed E-state index contributed by atoms with van der Waals surface area (Å²) in [5.74, 6) is 2.37. The zero-order chi connectivity index (χ0) is 14.0. The molecule has 0 bridgehead atoms. The highest BCUT2D eigenvalue weighted by molar-refractivity contribution is 8.32. The molecule has 1 aromatic carbocycles. The first-order chi connectivity index (χ1) is 9.80. The minimum absolute atomic E-state index is 0.861. The summed E-state index contributed by atoms with van der Waals surface area (Å²) < 4.78 is 10.9. The van der Waals surface area contributed by atoms with Crippen LogP contribution in [0.2, 0.25) is 0 Å². The van der Waals surface area contributed by atoms with Gasteiger partial charge in [0.15, 0.2) is 0 Å². The summed E-state index contributed by atoms with van der Waals surface area (Å²) in [4.78, 5) is 4.98. The summed E-state index contributed by atoms with van der Waals surface area (Å²) in [6.45, 7) is 8.46. The average molecular weight is 310 g/mol. The molecule has 0 unspecified atom stereocenters. The maximum Gasteiger partial charge on any atom is 0.146 e. The third-order valence-corrected chi connectivity index (χ3v) is 10.0. The van der Waals surface area contributed by atoms with Gasteiger partial charge in [0, 0.05) is 13.1 Å². The number of hydrogen-bond acceptors (Lipinski definition) is 4. The molecule has 1 saturated heterocycles. The second-order valence-corrected chi connectivity index (χ2v) is 9.94. The molecule has 1 aromatic heterocycles. The molecule has 0 amide bonds. The fourth-order valence-corrected chi connectivity index (χ4v) is 8.42. The molecule has 0 atom stereocenters. The minimum Gasteiger partial charge on any atom is -0.379 e. The number of morpholine rings is 1. The fourth-order valence-electron chi connectivity index (χ4n) is 2.84. The molecule has 0 N–H and O–H groups in total. The van der Waals surface area contributed by atoms with Crippen molar-refractivity contribution in [2.24, 2.45) is 0 Å². The Hall–Kier alpha value is -0.620. The van der Waals surface area contributed by atoms with Gasteiger partial charge in [-0.05, 0) is 23.6 Å². The average Bonchev–Trinajstić information content (AvgIpc) is 2.94. The van der Waals surface area contributed by atoms with Crippen molar-refractivity contribution in [3.05, 3.63) is 24.3 Å². The molecule has 110 valence electrons. The van der Waals surface area contributed by atoms with Gasteiger partial charge in [0.1, 0.15) is 4.34 Å². The minimum atomic E-state index is -0.954. The number of nitrogens with zero attached hydrogens (tertiary/aromatic N) is 2. The van der Waals surface area contributed by atoms with Gasteiger partial charge in [-0.3, -0.25) is 4.31 Å². The first-order valence-corrected chi connectivity index (χ1v) is 10.0. The Morgan fingerprint density at radius 3 is 2.55 bits per heavy atom. The predicted octanol–water partition coefficient (Wildman–Crippen LogP) is 3.75. The van der Waals surface area contributed by atoms with E-state index in [1.54, 1.807) is 0 Å². The summed E-state index contributed by atoms with van der Waals surface area (Å²) in [6, 6.07) is 8.50. The van der Waals surface area contributed by atoms with E-state index in [2.05, 4.69) is 42.4 Å². The van der Waals surface area contributed by atoms with Gasteiger partial charge in [0.25, 0.3) is 0 Å². The predicted molar refractivity (Wildman–Crippen MR) is 89.0 cm³/mol. The number of hydrogen-bond donors (Lipinski definition) is 0. The maximum atomic E-state index is 5.53. The lowest BCUT2D eigenvalue weighted by Gasteiger charge is -2.48. The Morgan fingerprint density at radius 1 is 1.20 bits per heavy atom. The van der Waals surface area contributed by atoms with Crippen LogP contribution in [0.3, 0.4) is 0 Å². The van der Waals surface area contributed by atoms with E-state index >= 15 is 0 Å². The van der Waals surface area contributed by atoms with Crippen LogP contribution in [0.1, 0.15) is 13.8 Å². The number of fused-ring (bicyclic) bond motifs is 1. The maximum absolute atomic E-state index is 5.53. The van der Waals surface area contributed by atoms with E-state index in [1.807, 2.05) is 11.3 Å². The molecule has 0 aliphatic carbocycles. The van der Waals surface area contributed by atoms with Crippen molar-refractivity contribution in [2.45, 2.75) is 18.2 Å². The quantitative estimate of drug-likeness (QED) is 0.860. The lowest BCUT2D eigenvalue weighted by molar-refractivity contribution is 0.0753. The zero-order valence-electron chi connectivity index (χ0n) is 12.2. The van der Waals surface area contributed by atoms with Crippen molar-refractivity contribution < 1.29 is 4.74 Å². The van der Waals surface area contributed by atoms with Crippen molar-refractivity contribution in [1.29, 1.82) is 0 Å². The third kappa shape index (κ3) is 2.37. The molecular formula is C15H22N2OS2. The van der Waals surface area contributed by atoms with Crippen molar-refractivity contribution in [1.82, 2.24) is 9.29 Å². The number of thiazole rings is 1. The highest BCUT2D eigenvalue weighted by Gasteiger charge is 2.34. The van der Waals surface area contributed by atoms with E-state index in [0.717, 1.165) is 31.8 Å². The lowest BCUT2D eigenvalue weighted by atomic mass is 10.3. The molecule has 5 heteroatoms. The molecule has 20 heavy (non-hydrogen) atoms. The van der Waals surface area contributed by atoms with Gasteiger partial charge in [-0.25, -0.2) is 4.98 Å². The molecular weight excluding hydrogens is 288 g/mol. The van der Waals surface area contributed by atoms with Gasteiger partial charge >= 0.3 is 0 Å². The van der Waals surface area contributed by atoms with Gasteiger partial charge in [0.2, 0.25) is 0 Å². The van der Waals surface area contributed by atoms with Crippen LogP contribution in [0.5, 0.6) is 0 Å². The van der Waals surface area contributed by atoms with Crippen LogP contribution < -0.4 is 0 Å². The van der Waals surface area contributed by atoms with E-state index in [0.29, 0.717) is 0 Å². The molecule has 1 aliphatic rings. The summed E-state index contributed by atoms with van der Waals surface area (Å²) in [7, 11) is -0.954. The molecule has 0 saturated carbocycles. The van der Waals surface area contributed by atoms with Crippen LogP contribution in [0.25, 0.3) is 10.2 Å². The number of para-hydroxylation sites is 1. The number of benzene rings is 1. The Bertz CT molecular complexity index is 541. The van der Waals surface area contributed by atoms with E-state index < -0.39 is 10.2 Å². The monoisotopic (exact) mass is 310 g/mol. The summed E-state index contributed by atoms with van der Waals surface area (Å²) in [6.07, 6.45) is 0. The molecule has 3 rings (SSSR count). The first kappa shape index (κ1) is 14.3. The summed E-state index contributed by atoms with van der Waals surface area (Å²) in [5, 5.41) is 0. The van der Waals surface area contributed by atoms with Crippen LogP contribution in [-0.4, -0.2) is 47.1 Å². The molecule has 2 heterocycles. The smallest absolute Gasteiger partial charge is 0.146 e. The molecule has 1 aliphatic heterocycles. The molecule has 0 radical (unpaired) electrons. The van der Waals surface area contributed by atoms with Gasteiger partial charge < -0.3 is 4.74 Å². The number of rotatable bonds is 4. The van der Waals surface area contributed by atoms with Gasteiger partial charge in [-0.15, -0.1) is 21.6 Å². The van der Waals surface area contributed by atoms with Crippen molar-refractivity contribution >= 4 is 31.8 Å². The molecule has 3 nitrogen and oxygen atoms in total. The lowest BCUT2D eigenvalue weighted by Crippen LogP contribution is -2.40. The largest absolute Gasteiger partial charge is 0.379 e. The van der Waals surface area contributed by atoms with Gasteiger partial charge in [-0.1, -0.05) is 26.0 Å². The van der Waals surface area contributed by atoms with Gasteiger partial charge in [0.05, 0.1) is 23.4 Å². The van der Waals surface area contributed by atoms with Crippen LogP contribution in [0.4, 0.5) is 0 Å². The summed E-state index contributed by atoms with van der Waals surface area (Å²) >= 11 is 1.89. The van der Waals surface area contributed by atoms with Crippen LogP contribution in [0, 0.1) is 0 Å². The molecule has 1 fully saturated rings. The topological polar surface area (TPSA) is 25.4 Å². The van der Waals surface area contributed by atoms with Gasteiger partial charge in [-0.2, -0.15) is 0 Å². The van der Waals surface area contributed by atoms with E-state index in [9.17, 15) is 0 Å². The fraction of sp³-hybridized carbons (Fsp3) is 0.533. The third-order valence-electron chi connectivity index (χ3n) is 4.02. The summed E-state index contributed by atoms with van der Waals surface area (Å²) in [5.41, 5.74) is 1.15. The van der Waals surface area contributed by atoms with Crippen molar-refractivity contribution in [3.8, 4) is 0 Å². The first-order valence-electron chi connectivity index (χ1n) is 7.27. The Labute approximate surface area is 126 Å². The Balaban J connectivity index is 2.04. The standard InChI is InChI=1S/C15H22N2OS2/c1-3-20(4-2,17-9-11-18-12-10-17)15-16-13-7-5-6-8-14(13)19-15/h5-8H,3-4,9-12H2,1-2H3. The van der Waals surface area contributed by atoms with E-state index in [1.165, 1.54) is 20.5 Å². The second kappa shape index (κ2) is 6.02. The highest BCUT2D eigenvalue weighted by Crippen LogP contribution is 2.60. The van der Waals surface area contributed by atoms with Crippen molar-refractivity contribution in [2.75, 3.05) is 37.8 Å². The number of aromatic nitrogens is 1.